The lowest BCUT2D eigenvalue weighted by Gasteiger charge is -2.32. The molecule has 2 heterocycles. The van der Waals surface area contributed by atoms with Gasteiger partial charge in [0.2, 0.25) is 0 Å². The molecule has 3 aromatic carbocycles. The third-order valence-corrected chi connectivity index (χ3v) is 5.33. The maximum atomic E-state index is 9.06. The summed E-state index contributed by atoms with van der Waals surface area (Å²) in [6.07, 6.45) is 0. The van der Waals surface area contributed by atoms with E-state index in [1.165, 1.54) is 0 Å². The van der Waals surface area contributed by atoms with Crippen molar-refractivity contribution in [2.45, 2.75) is 38.9 Å². The van der Waals surface area contributed by atoms with Gasteiger partial charge in [-0.05, 0) is 56.4 Å². The summed E-state index contributed by atoms with van der Waals surface area (Å²) in [5.74, 6) is 0. The van der Waals surface area contributed by atoms with Crippen LogP contribution in [-0.2, 0) is 9.31 Å². The number of hydrogen-bond acceptors (Lipinski definition) is 3. The molecule has 1 fully saturated rings. The highest BCUT2D eigenvalue weighted by molar-refractivity contribution is 6.62. The number of rotatable bonds is 2. The molecular weight excluding hydrogens is 347 g/mol. The predicted octanol–water partition coefficient (Wildman–Crippen LogP) is 5.55. The van der Waals surface area contributed by atoms with E-state index in [2.05, 4.69) is 0 Å². The Kier molecular flexibility index (Phi) is 1.98. The lowest BCUT2D eigenvalue weighted by Crippen LogP contribution is -2.41. The van der Waals surface area contributed by atoms with E-state index in [1.807, 2.05) is 0 Å². The second-order valence-electron chi connectivity index (χ2n) is 7.64. The summed E-state index contributed by atoms with van der Waals surface area (Å²) >= 11 is 0. The fourth-order valence-electron chi connectivity index (χ4n) is 3.11. The Hall–Kier alpha value is -2.56. The van der Waals surface area contributed by atoms with Crippen molar-refractivity contribution in [3.8, 4) is 11.1 Å². The molecule has 1 saturated heterocycles. The average Bonchev–Trinajstić information content (AvgIpc) is 3.35. The van der Waals surface area contributed by atoms with Crippen molar-refractivity contribution >= 4 is 34.5 Å². The molecule has 0 amide bonds. The normalized spacial score (nSPS) is 23.7. The smallest absolute Gasteiger partial charge is 0.456 e. The van der Waals surface area contributed by atoms with Gasteiger partial charge in [0.1, 0.15) is 11.2 Å². The van der Waals surface area contributed by atoms with E-state index in [4.69, 9.17) is 28.8 Å². The average molecular weight is 381 g/mol. The van der Waals surface area contributed by atoms with E-state index in [0.29, 0.717) is 0 Å². The van der Waals surface area contributed by atoms with Crippen LogP contribution in [0.4, 0.5) is 0 Å². The van der Waals surface area contributed by atoms with E-state index >= 15 is 0 Å². The summed E-state index contributed by atoms with van der Waals surface area (Å²) in [6.45, 7) is 7.10. The van der Waals surface area contributed by atoms with Crippen LogP contribution in [0.5, 0.6) is 0 Å². The van der Waals surface area contributed by atoms with Crippen molar-refractivity contribution in [2.24, 2.45) is 0 Å². The summed E-state index contributed by atoms with van der Waals surface area (Å²) < 4.78 is 111. The number of fused-ring (bicyclic) bond motifs is 3. The molecule has 1 aliphatic heterocycles. The topological polar surface area (TPSA) is 31.6 Å². The van der Waals surface area contributed by atoms with Crippen molar-refractivity contribution in [1.29, 1.82) is 0 Å². The molecule has 0 bridgehead atoms. The van der Waals surface area contributed by atoms with Crippen LogP contribution in [0.1, 0.15) is 42.8 Å². The Morgan fingerprint density at radius 1 is 0.786 bits per heavy atom. The van der Waals surface area contributed by atoms with E-state index < -0.39 is 84.8 Å². The number of para-hydroxylation sites is 1. The van der Waals surface area contributed by atoms with Gasteiger partial charge in [-0.2, -0.15) is 0 Å². The standard InChI is InChI=1S/C24H23BO3/c1-23(2)24(3,4)28-25(27-23)17-10-7-9-16(15-17)18-12-8-14-21-22(18)19-11-5-6-13-20(19)26-21/h5-15H,1-4H3/i5D,6D,7D,8D,9D,10D,11D,12D,13D,14D,15D. The zero-order valence-electron chi connectivity index (χ0n) is 26.8. The summed E-state index contributed by atoms with van der Waals surface area (Å²) in [4.78, 5) is 0. The van der Waals surface area contributed by atoms with E-state index in [1.54, 1.807) is 27.7 Å². The number of hydrogen-bond donors (Lipinski definition) is 0. The molecule has 1 aliphatic rings. The van der Waals surface area contributed by atoms with Gasteiger partial charge >= 0.3 is 7.12 Å². The molecule has 4 aromatic rings. The SMILES string of the molecule is [2H]c1c([2H])c(B2OC(C)(C)C(C)(C)O2)c([2H])c(-c2c([2H])c([2H])c([2H])c3oc4c([2H])c([2H])c([2H])c([2H])c4c23)c1[2H]. The van der Waals surface area contributed by atoms with E-state index in [9.17, 15) is 0 Å². The summed E-state index contributed by atoms with van der Waals surface area (Å²) in [5, 5.41) is -0.326. The zero-order valence-corrected chi connectivity index (χ0v) is 15.8. The molecule has 5 rings (SSSR count). The van der Waals surface area contributed by atoms with Crippen molar-refractivity contribution in [1.82, 2.24) is 0 Å². The van der Waals surface area contributed by atoms with Crippen LogP contribution < -0.4 is 5.46 Å². The van der Waals surface area contributed by atoms with Crippen molar-refractivity contribution in [3.63, 3.8) is 0 Å². The first-order valence-electron chi connectivity index (χ1n) is 14.3. The first-order chi connectivity index (χ1) is 17.9. The van der Waals surface area contributed by atoms with Crippen LogP contribution in [0.25, 0.3) is 33.1 Å². The lowest BCUT2D eigenvalue weighted by atomic mass is 9.78. The van der Waals surface area contributed by atoms with Gasteiger partial charge in [0.25, 0.3) is 0 Å². The third-order valence-electron chi connectivity index (χ3n) is 5.33. The molecule has 140 valence electrons. The van der Waals surface area contributed by atoms with Crippen molar-refractivity contribution in [2.75, 3.05) is 0 Å². The molecule has 0 aliphatic carbocycles. The van der Waals surface area contributed by atoms with E-state index in [-0.39, 0.29) is 38.5 Å². The van der Waals surface area contributed by atoms with Gasteiger partial charge in [-0.15, -0.1) is 0 Å². The molecular formula is C24H23BO3. The Balaban J connectivity index is 1.97. The van der Waals surface area contributed by atoms with Gasteiger partial charge in [0.15, 0.2) is 0 Å². The second-order valence-corrected chi connectivity index (χ2v) is 7.64. The Bertz CT molecular complexity index is 1730. The molecule has 0 spiro atoms. The minimum atomic E-state index is -1.26. The highest BCUT2D eigenvalue weighted by Crippen LogP contribution is 2.38. The largest absolute Gasteiger partial charge is 0.494 e. The highest BCUT2D eigenvalue weighted by atomic mass is 16.7. The first kappa shape index (κ1) is 9.30. The van der Waals surface area contributed by atoms with Crippen LogP contribution >= 0.6 is 0 Å². The van der Waals surface area contributed by atoms with Crippen molar-refractivity contribution < 1.29 is 28.8 Å². The highest BCUT2D eigenvalue weighted by Gasteiger charge is 2.51. The molecule has 1 aromatic heterocycles. The maximum absolute atomic E-state index is 9.06. The summed E-state index contributed by atoms with van der Waals surface area (Å²) in [5.41, 5.74) is -3.09. The van der Waals surface area contributed by atoms with Gasteiger partial charge in [-0.25, -0.2) is 0 Å². The maximum Gasteiger partial charge on any atom is 0.494 e. The van der Waals surface area contributed by atoms with Crippen LogP contribution in [0.2, 0.25) is 0 Å². The van der Waals surface area contributed by atoms with Crippen LogP contribution in [-0.4, -0.2) is 18.3 Å². The minimum absolute atomic E-state index is 0.151. The zero-order chi connectivity index (χ0) is 29.1. The molecule has 0 atom stereocenters. The monoisotopic (exact) mass is 381 g/mol. The summed E-state index contributed by atoms with van der Waals surface area (Å²) in [7, 11) is -1.26. The first-order valence-corrected chi connectivity index (χ1v) is 8.83. The summed E-state index contributed by atoms with van der Waals surface area (Å²) in [6, 6.07) is -6.11. The van der Waals surface area contributed by atoms with Gasteiger partial charge in [-0.1, -0.05) is 54.4 Å². The Labute approximate surface area is 180 Å². The van der Waals surface area contributed by atoms with Gasteiger partial charge in [0, 0.05) is 10.8 Å². The fourth-order valence-corrected chi connectivity index (χ4v) is 3.11. The third kappa shape index (κ3) is 2.60. The predicted molar refractivity (Wildman–Crippen MR) is 115 cm³/mol. The quantitative estimate of drug-likeness (QED) is 0.427. The molecule has 0 unspecified atom stereocenters. The second kappa shape index (κ2) is 5.97. The number of benzene rings is 3. The van der Waals surface area contributed by atoms with Crippen molar-refractivity contribution in [3.05, 3.63) is 66.5 Å². The fraction of sp³-hybridized carbons (Fsp3) is 0.250. The van der Waals surface area contributed by atoms with Crippen LogP contribution in [0.15, 0.2) is 70.9 Å². The molecule has 3 nitrogen and oxygen atoms in total. The minimum Gasteiger partial charge on any atom is -0.456 e. The van der Waals surface area contributed by atoms with Crippen LogP contribution in [0.3, 0.4) is 0 Å². The number of furan rings is 1. The molecule has 0 radical (unpaired) electrons. The van der Waals surface area contributed by atoms with Gasteiger partial charge in [-0.3, -0.25) is 0 Å². The van der Waals surface area contributed by atoms with Gasteiger partial charge < -0.3 is 13.7 Å². The molecule has 28 heavy (non-hydrogen) atoms. The van der Waals surface area contributed by atoms with E-state index in [0.717, 1.165) is 0 Å². The molecule has 0 saturated carbocycles. The molecule has 4 heteroatoms. The Morgan fingerprint density at radius 2 is 1.46 bits per heavy atom. The van der Waals surface area contributed by atoms with Gasteiger partial charge in [0.05, 0.1) is 26.3 Å². The van der Waals surface area contributed by atoms with Crippen LogP contribution in [0, 0.1) is 0 Å². The Morgan fingerprint density at radius 3 is 2.25 bits per heavy atom. The lowest BCUT2D eigenvalue weighted by molar-refractivity contribution is 0.00578. The molecule has 0 N–H and O–H groups in total.